The van der Waals surface area contributed by atoms with Gasteiger partial charge in [0.25, 0.3) is 0 Å². The van der Waals surface area contributed by atoms with Crippen LogP contribution in [0.1, 0.15) is 46.5 Å². The number of allylic oxidation sites excluding steroid dienone is 3. The molecule has 0 aliphatic carbocycles. The molecular weight excluding hydrogens is 248 g/mol. The van der Waals surface area contributed by atoms with Gasteiger partial charge in [0.05, 0.1) is 0 Å². The highest BCUT2D eigenvalue weighted by Crippen LogP contribution is 2.18. The third kappa shape index (κ3) is 12.1. The van der Waals surface area contributed by atoms with E-state index in [1.54, 1.807) is 6.92 Å². The molecule has 0 aromatic rings. The molecule has 0 radical (unpaired) electrons. The molecule has 0 aliphatic rings. The molecule has 0 aromatic carbocycles. The predicted molar refractivity (Wildman–Crippen MR) is 82.6 cm³/mol. The van der Waals surface area contributed by atoms with Crippen molar-refractivity contribution in [2.75, 3.05) is 12.0 Å². The van der Waals surface area contributed by atoms with Gasteiger partial charge >= 0.3 is 0 Å². The van der Waals surface area contributed by atoms with Gasteiger partial charge < -0.3 is 4.79 Å². The molecule has 0 fully saturated rings. The van der Waals surface area contributed by atoms with Crippen LogP contribution in [0.3, 0.4) is 0 Å². The van der Waals surface area contributed by atoms with Crippen molar-refractivity contribution >= 4 is 27.4 Å². The van der Waals surface area contributed by atoms with E-state index in [0.29, 0.717) is 6.42 Å². The van der Waals surface area contributed by atoms with E-state index in [1.807, 2.05) is 21.6 Å². The molecule has 0 amide bonds. The van der Waals surface area contributed by atoms with Crippen LogP contribution in [-0.2, 0) is 4.79 Å². The summed E-state index contributed by atoms with van der Waals surface area (Å²) in [6.07, 6.45) is 10.5. The number of hydrogen-bond acceptors (Lipinski definition) is 3. The van der Waals surface area contributed by atoms with Crippen LogP contribution in [0.4, 0.5) is 0 Å². The summed E-state index contributed by atoms with van der Waals surface area (Å²) in [4.78, 5) is 10.8. The minimum absolute atomic E-state index is 0.280. The molecule has 0 aromatic heterocycles. The first kappa shape index (κ1) is 16.9. The van der Waals surface area contributed by atoms with Gasteiger partial charge in [0.15, 0.2) is 0 Å². The van der Waals surface area contributed by atoms with Crippen molar-refractivity contribution in [1.82, 2.24) is 0 Å². The summed E-state index contributed by atoms with van der Waals surface area (Å²) in [5.41, 5.74) is 2.80. The summed E-state index contributed by atoms with van der Waals surface area (Å²) in [7, 11) is 3.68. The lowest BCUT2D eigenvalue weighted by Gasteiger charge is -2.01. The summed E-state index contributed by atoms with van der Waals surface area (Å²) in [6.45, 7) is 5.97. The van der Waals surface area contributed by atoms with Gasteiger partial charge in [0.1, 0.15) is 5.78 Å². The molecule has 0 spiro atoms. The van der Waals surface area contributed by atoms with Crippen molar-refractivity contribution in [2.24, 2.45) is 0 Å². The Morgan fingerprint density at radius 1 is 1.00 bits per heavy atom. The van der Waals surface area contributed by atoms with Gasteiger partial charge in [-0.3, -0.25) is 0 Å². The minimum atomic E-state index is 0.280. The fourth-order valence-electron chi connectivity index (χ4n) is 1.37. The van der Waals surface area contributed by atoms with Crippen molar-refractivity contribution in [3.8, 4) is 0 Å². The maximum atomic E-state index is 10.8. The standard InChI is InChI=1S/C14H24OS2/c1-12(8-9-14(3)15)6-5-7-13(2)10-11-17-16-4/h6,10H,5,7-9,11H2,1-4H3/b12-6+,13-10+. The largest absolute Gasteiger partial charge is 0.300 e. The van der Waals surface area contributed by atoms with Crippen molar-refractivity contribution in [3.63, 3.8) is 0 Å². The van der Waals surface area contributed by atoms with Crippen molar-refractivity contribution < 1.29 is 4.79 Å². The zero-order valence-electron chi connectivity index (χ0n) is 11.4. The molecule has 0 atom stereocenters. The van der Waals surface area contributed by atoms with E-state index in [1.165, 1.54) is 11.1 Å². The molecule has 0 bridgehead atoms. The van der Waals surface area contributed by atoms with Crippen LogP contribution in [-0.4, -0.2) is 17.8 Å². The van der Waals surface area contributed by atoms with Crippen molar-refractivity contribution in [2.45, 2.75) is 46.5 Å². The summed E-state index contributed by atoms with van der Waals surface area (Å²) in [5.74, 6) is 1.38. The Hall–Kier alpha value is -0.150. The number of carbonyl (C=O) groups excluding carboxylic acids is 1. The van der Waals surface area contributed by atoms with Crippen molar-refractivity contribution in [3.05, 3.63) is 23.3 Å². The van der Waals surface area contributed by atoms with Crippen LogP contribution >= 0.6 is 21.6 Å². The molecule has 0 aliphatic heterocycles. The Bertz CT molecular complexity index is 280. The number of Topliss-reactive ketones (excluding diaryl/α,β-unsaturated/α-hetero) is 1. The van der Waals surface area contributed by atoms with Gasteiger partial charge in [-0.1, -0.05) is 44.9 Å². The molecule has 3 heteroatoms. The van der Waals surface area contributed by atoms with Crippen LogP contribution in [0.15, 0.2) is 23.3 Å². The fraction of sp³-hybridized carbons (Fsp3) is 0.643. The van der Waals surface area contributed by atoms with E-state index >= 15 is 0 Å². The van der Waals surface area contributed by atoms with E-state index in [2.05, 4.69) is 32.3 Å². The summed E-state index contributed by atoms with van der Waals surface area (Å²) in [5, 5.41) is 0. The molecule has 17 heavy (non-hydrogen) atoms. The van der Waals surface area contributed by atoms with Gasteiger partial charge in [-0.15, -0.1) is 0 Å². The Balaban J connectivity index is 3.76. The zero-order valence-corrected chi connectivity index (χ0v) is 13.0. The molecule has 0 saturated heterocycles. The first-order chi connectivity index (χ1) is 8.06. The van der Waals surface area contributed by atoms with Crippen LogP contribution in [0, 0.1) is 0 Å². The molecule has 1 nitrogen and oxygen atoms in total. The van der Waals surface area contributed by atoms with Crippen LogP contribution < -0.4 is 0 Å². The second-order valence-electron chi connectivity index (χ2n) is 4.29. The smallest absolute Gasteiger partial charge is 0.130 e. The van der Waals surface area contributed by atoms with E-state index in [0.717, 1.165) is 25.0 Å². The molecule has 0 saturated carbocycles. The highest BCUT2D eigenvalue weighted by Gasteiger charge is 1.95. The van der Waals surface area contributed by atoms with Crippen LogP contribution in [0.5, 0.6) is 0 Å². The SMILES string of the molecule is CSSC/C=C(\C)CC/C=C(\C)CCC(C)=O. The summed E-state index contributed by atoms with van der Waals surface area (Å²) in [6, 6.07) is 0. The second-order valence-corrected chi connectivity index (χ2v) is 6.90. The topological polar surface area (TPSA) is 17.1 Å². The van der Waals surface area contributed by atoms with Crippen LogP contribution in [0.2, 0.25) is 0 Å². The first-order valence-electron chi connectivity index (χ1n) is 6.02. The third-order valence-corrected chi connectivity index (χ3v) is 4.17. The van der Waals surface area contributed by atoms with E-state index in [-0.39, 0.29) is 5.78 Å². The van der Waals surface area contributed by atoms with Gasteiger partial charge in [-0.25, -0.2) is 0 Å². The fourth-order valence-corrected chi connectivity index (χ4v) is 2.47. The van der Waals surface area contributed by atoms with Gasteiger partial charge in [-0.05, 0) is 46.3 Å². The Morgan fingerprint density at radius 2 is 1.65 bits per heavy atom. The minimum Gasteiger partial charge on any atom is -0.300 e. The van der Waals surface area contributed by atoms with E-state index in [4.69, 9.17) is 0 Å². The highest BCUT2D eigenvalue weighted by molar-refractivity contribution is 8.76. The number of hydrogen-bond donors (Lipinski definition) is 0. The maximum absolute atomic E-state index is 10.8. The monoisotopic (exact) mass is 272 g/mol. The number of ketones is 1. The molecule has 0 rings (SSSR count). The normalized spacial score (nSPS) is 12.9. The van der Waals surface area contributed by atoms with Crippen LogP contribution in [0.25, 0.3) is 0 Å². The van der Waals surface area contributed by atoms with Gasteiger partial charge in [-0.2, -0.15) is 0 Å². The average Bonchev–Trinajstić information content (AvgIpc) is 2.27. The second kappa shape index (κ2) is 11.0. The molecule has 0 heterocycles. The van der Waals surface area contributed by atoms with Gasteiger partial charge in [0, 0.05) is 12.2 Å². The third-order valence-electron chi connectivity index (χ3n) is 2.52. The Morgan fingerprint density at radius 3 is 2.24 bits per heavy atom. The zero-order chi connectivity index (χ0) is 13.1. The summed E-state index contributed by atoms with van der Waals surface area (Å²) >= 11 is 0. The lowest BCUT2D eigenvalue weighted by Crippen LogP contribution is -1.90. The molecule has 98 valence electrons. The Kier molecular flexibility index (Phi) is 10.9. The van der Waals surface area contributed by atoms with Gasteiger partial charge in [0.2, 0.25) is 0 Å². The molecule has 0 N–H and O–H groups in total. The lowest BCUT2D eigenvalue weighted by atomic mass is 10.1. The Labute approximate surface area is 114 Å². The first-order valence-corrected chi connectivity index (χ1v) is 8.75. The molecule has 0 unspecified atom stereocenters. The quantitative estimate of drug-likeness (QED) is 0.332. The predicted octanol–water partition coefficient (Wildman–Crippen LogP) is 5.04. The average molecular weight is 272 g/mol. The van der Waals surface area contributed by atoms with E-state index in [9.17, 15) is 4.79 Å². The lowest BCUT2D eigenvalue weighted by molar-refractivity contribution is -0.116. The molecular formula is C14H24OS2. The highest BCUT2D eigenvalue weighted by atomic mass is 33.1. The van der Waals surface area contributed by atoms with Crippen molar-refractivity contribution in [1.29, 1.82) is 0 Å². The maximum Gasteiger partial charge on any atom is 0.130 e. The summed E-state index contributed by atoms with van der Waals surface area (Å²) < 4.78 is 0. The number of carbonyl (C=O) groups is 1. The van der Waals surface area contributed by atoms with E-state index < -0.39 is 0 Å². The number of rotatable bonds is 9.